The predicted molar refractivity (Wildman–Crippen MR) is 63.4 cm³/mol. The minimum atomic E-state index is 0.973. The van der Waals surface area contributed by atoms with Crippen molar-refractivity contribution in [3.05, 3.63) is 0 Å². The molecule has 1 rings (SSSR count). The summed E-state index contributed by atoms with van der Waals surface area (Å²) in [6, 6.07) is 0. The molecule has 0 saturated heterocycles. The van der Waals surface area contributed by atoms with E-state index in [1.54, 1.807) is 23.1 Å². The third-order valence-corrected chi connectivity index (χ3v) is 4.15. The van der Waals surface area contributed by atoms with E-state index in [0.717, 1.165) is 20.6 Å². The first-order chi connectivity index (χ1) is 6.24. The highest BCUT2D eigenvalue weighted by molar-refractivity contribution is 9.09. The molecule has 3 nitrogen and oxygen atoms in total. The Hall–Kier alpha value is 0.190. The number of hydrogen-bond donors (Lipinski definition) is 0. The van der Waals surface area contributed by atoms with Crippen molar-refractivity contribution < 1.29 is 0 Å². The van der Waals surface area contributed by atoms with Crippen molar-refractivity contribution in [2.75, 3.05) is 30.1 Å². The topological polar surface area (TPSA) is 29.0 Å². The average molecular weight is 282 g/mol. The van der Waals surface area contributed by atoms with Crippen molar-refractivity contribution in [3.8, 4) is 0 Å². The van der Waals surface area contributed by atoms with Gasteiger partial charge in [0.25, 0.3) is 0 Å². The first-order valence-corrected chi connectivity index (χ1v) is 6.86. The minimum Gasteiger partial charge on any atom is -0.353 e. The second-order valence-corrected chi connectivity index (χ2v) is 5.73. The summed E-state index contributed by atoms with van der Waals surface area (Å²) in [7, 11) is 3.96. The molecule has 0 unspecified atom stereocenters. The molecule has 0 amide bonds. The van der Waals surface area contributed by atoms with E-state index < -0.39 is 0 Å². The fraction of sp³-hybridized carbons (Fsp3) is 0.714. The summed E-state index contributed by atoms with van der Waals surface area (Å²) in [5.74, 6) is 1.10. The number of hydrogen-bond acceptors (Lipinski definition) is 5. The molecule has 0 aliphatic carbocycles. The lowest BCUT2D eigenvalue weighted by Gasteiger charge is -2.03. The van der Waals surface area contributed by atoms with Crippen LogP contribution in [0.15, 0.2) is 4.34 Å². The molecule has 0 saturated carbocycles. The molecule has 0 radical (unpaired) electrons. The van der Waals surface area contributed by atoms with E-state index in [9.17, 15) is 0 Å². The van der Waals surface area contributed by atoms with Gasteiger partial charge in [-0.2, -0.15) is 0 Å². The molecular formula is C7H12BrN3S2. The van der Waals surface area contributed by atoms with Gasteiger partial charge in [0, 0.05) is 25.2 Å². The fourth-order valence-electron chi connectivity index (χ4n) is 0.656. The Morgan fingerprint density at radius 3 is 2.77 bits per heavy atom. The Balaban J connectivity index is 2.40. The van der Waals surface area contributed by atoms with Crippen molar-refractivity contribution >= 4 is 44.2 Å². The molecule has 1 aromatic rings. The zero-order chi connectivity index (χ0) is 9.68. The lowest BCUT2D eigenvalue weighted by Crippen LogP contribution is -2.07. The van der Waals surface area contributed by atoms with Gasteiger partial charge >= 0.3 is 0 Å². The normalized spacial score (nSPS) is 10.4. The standard InChI is InChI=1S/C7H12BrN3S2/c1-11(2)6-9-10-7(13-6)12-5-3-4-8/h3-5H2,1-2H3. The van der Waals surface area contributed by atoms with Gasteiger partial charge in [-0.1, -0.05) is 39.0 Å². The summed E-state index contributed by atoms with van der Waals surface area (Å²) in [6.07, 6.45) is 1.17. The molecule has 0 N–H and O–H groups in total. The van der Waals surface area contributed by atoms with Crippen molar-refractivity contribution in [2.24, 2.45) is 0 Å². The molecule has 1 aromatic heterocycles. The molecule has 0 aromatic carbocycles. The largest absolute Gasteiger partial charge is 0.353 e. The first kappa shape index (κ1) is 11.3. The number of rotatable bonds is 5. The lowest BCUT2D eigenvalue weighted by molar-refractivity contribution is 0.971. The van der Waals surface area contributed by atoms with Crippen LogP contribution in [0.5, 0.6) is 0 Å². The molecule has 0 bridgehead atoms. The summed E-state index contributed by atoms with van der Waals surface area (Å²) in [4.78, 5) is 1.98. The number of thioether (sulfide) groups is 1. The summed E-state index contributed by atoms with van der Waals surface area (Å²) in [6.45, 7) is 0. The van der Waals surface area contributed by atoms with Gasteiger partial charge in [-0.05, 0) is 6.42 Å². The molecule has 0 fully saturated rings. The summed E-state index contributed by atoms with van der Waals surface area (Å²) < 4.78 is 1.06. The Kier molecular flexibility index (Phi) is 5.05. The monoisotopic (exact) mass is 281 g/mol. The Morgan fingerprint density at radius 1 is 1.46 bits per heavy atom. The van der Waals surface area contributed by atoms with Crippen molar-refractivity contribution in [2.45, 2.75) is 10.8 Å². The second kappa shape index (κ2) is 5.82. The molecule has 0 spiro atoms. The van der Waals surface area contributed by atoms with Crippen LogP contribution in [0, 0.1) is 0 Å². The maximum atomic E-state index is 4.08. The predicted octanol–water partition coefficient (Wildman–Crippen LogP) is 2.48. The Bertz CT molecular complexity index is 252. The number of aromatic nitrogens is 2. The van der Waals surface area contributed by atoms with E-state index in [4.69, 9.17) is 0 Å². The van der Waals surface area contributed by atoms with Crippen LogP contribution in [0.4, 0.5) is 5.13 Å². The van der Waals surface area contributed by atoms with E-state index in [1.165, 1.54) is 6.42 Å². The zero-order valence-corrected chi connectivity index (χ0v) is 10.9. The zero-order valence-electron chi connectivity index (χ0n) is 7.66. The van der Waals surface area contributed by atoms with Crippen LogP contribution in [0.1, 0.15) is 6.42 Å². The molecule has 0 atom stereocenters. The molecule has 13 heavy (non-hydrogen) atoms. The van der Waals surface area contributed by atoms with E-state index >= 15 is 0 Å². The maximum absolute atomic E-state index is 4.08. The third-order valence-electron chi connectivity index (χ3n) is 1.28. The van der Waals surface area contributed by atoms with Gasteiger partial charge in [-0.15, -0.1) is 10.2 Å². The fourth-order valence-corrected chi connectivity index (χ4v) is 3.08. The van der Waals surface area contributed by atoms with Crippen molar-refractivity contribution in [1.29, 1.82) is 0 Å². The highest BCUT2D eigenvalue weighted by Gasteiger charge is 2.05. The molecule has 74 valence electrons. The van der Waals surface area contributed by atoms with Gasteiger partial charge in [0.15, 0.2) is 4.34 Å². The SMILES string of the molecule is CN(C)c1nnc(SCCCBr)s1. The van der Waals surface area contributed by atoms with Gasteiger partial charge < -0.3 is 4.90 Å². The number of nitrogens with zero attached hydrogens (tertiary/aromatic N) is 3. The molecule has 0 aliphatic heterocycles. The second-order valence-electron chi connectivity index (χ2n) is 2.64. The van der Waals surface area contributed by atoms with Crippen molar-refractivity contribution in [1.82, 2.24) is 10.2 Å². The number of alkyl halides is 1. The maximum Gasteiger partial charge on any atom is 0.208 e. The van der Waals surface area contributed by atoms with E-state index in [-0.39, 0.29) is 0 Å². The molecule has 0 aliphatic rings. The van der Waals surface area contributed by atoms with E-state index in [2.05, 4.69) is 26.1 Å². The van der Waals surface area contributed by atoms with Crippen molar-refractivity contribution in [3.63, 3.8) is 0 Å². The summed E-state index contributed by atoms with van der Waals surface area (Å²) in [5.41, 5.74) is 0. The summed E-state index contributed by atoms with van der Waals surface area (Å²) >= 11 is 6.81. The van der Waals surface area contributed by atoms with Gasteiger partial charge in [0.2, 0.25) is 5.13 Å². The Labute approximate surface area is 95.1 Å². The van der Waals surface area contributed by atoms with Gasteiger partial charge in [-0.25, -0.2) is 0 Å². The quantitative estimate of drug-likeness (QED) is 0.471. The van der Waals surface area contributed by atoms with Crippen LogP contribution in [-0.4, -0.2) is 35.4 Å². The van der Waals surface area contributed by atoms with E-state index in [0.29, 0.717) is 0 Å². The van der Waals surface area contributed by atoms with Crippen LogP contribution >= 0.6 is 39.0 Å². The van der Waals surface area contributed by atoms with Crippen LogP contribution in [-0.2, 0) is 0 Å². The molecular weight excluding hydrogens is 270 g/mol. The highest BCUT2D eigenvalue weighted by atomic mass is 79.9. The van der Waals surface area contributed by atoms with Gasteiger partial charge in [-0.3, -0.25) is 0 Å². The number of anilines is 1. The van der Waals surface area contributed by atoms with Gasteiger partial charge in [0.05, 0.1) is 0 Å². The summed E-state index contributed by atoms with van der Waals surface area (Å²) in [5, 5.41) is 10.2. The lowest BCUT2D eigenvalue weighted by atomic mass is 10.6. The average Bonchev–Trinajstić information content (AvgIpc) is 2.53. The number of halogens is 1. The third kappa shape index (κ3) is 3.83. The molecule has 6 heteroatoms. The first-order valence-electron chi connectivity index (χ1n) is 3.93. The smallest absolute Gasteiger partial charge is 0.208 e. The van der Waals surface area contributed by atoms with Crippen LogP contribution in [0.3, 0.4) is 0 Å². The van der Waals surface area contributed by atoms with Crippen LogP contribution < -0.4 is 4.90 Å². The van der Waals surface area contributed by atoms with E-state index in [1.807, 2.05) is 19.0 Å². The van der Waals surface area contributed by atoms with Crippen LogP contribution in [0.25, 0.3) is 0 Å². The highest BCUT2D eigenvalue weighted by Crippen LogP contribution is 2.27. The Morgan fingerprint density at radius 2 is 2.23 bits per heavy atom. The molecule has 1 heterocycles. The van der Waals surface area contributed by atoms with Gasteiger partial charge in [0.1, 0.15) is 0 Å². The minimum absolute atomic E-state index is 0.973. The van der Waals surface area contributed by atoms with Crippen LogP contribution in [0.2, 0.25) is 0 Å².